The quantitative estimate of drug-likeness (QED) is 0.653. The lowest BCUT2D eigenvalue weighted by Gasteiger charge is -2.52. The van der Waals surface area contributed by atoms with Crippen LogP contribution in [0.1, 0.15) is 27.2 Å². The highest BCUT2D eigenvalue weighted by molar-refractivity contribution is 5.70. The van der Waals surface area contributed by atoms with Crippen LogP contribution in [0.25, 0.3) is 0 Å². The van der Waals surface area contributed by atoms with Crippen molar-refractivity contribution in [2.45, 2.75) is 45.1 Å². The molecule has 94 valence electrons. The third kappa shape index (κ3) is 1.50. The number of rotatable bonds is 0. The molecule has 2 aliphatic carbocycles. The van der Waals surface area contributed by atoms with Gasteiger partial charge in [0.25, 0.3) is 0 Å². The predicted molar refractivity (Wildman–Crippen MR) is 62.1 cm³/mol. The van der Waals surface area contributed by atoms with E-state index in [-0.39, 0.29) is 18.1 Å². The van der Waals surface area contributed by atoms with E-state index in [1.807, 2.05) is 20.8 Å². The number of hydrogen-bond donors (Lipinski definition) is 1. The molecule has 1 heterocycles. The molecule has 4 heteroatoms. The first-order chi connectivity index (χ1) is 7.88. The van der Waals surface area contributed by atoms with Gasteiger partial charge in [-0.3, -0.25) is 4.90 Å². The lowest BCUT2D eigenvalue weighted by atomic mass is 9.78. The Balaban J connectivity index is 1.74. The lowest BCUT2D eigenvalue weighted by molar-refractivity contribution is -0.166. The number of amides is 1. The topological polar surface area (TPSA) is 49.8 Å². The fourth-order valence-electron chi connectivity index (χ4n) is 3.43. The van der Waals surface area contributed by atoms with Crippen LogP contribution < -0.4 is 0 Å². The van der Waals surface area contributed by atoms with Crippen LogP contribution in [-0.2, 0) is 4.74 Å². The molecule has 0 aromatic heterocycles. The molecule has 0 aromatic rings. The molecule has 17 heavy (non-hydrogen) atoms. The minimum atomic E-state index is -0.658. The molecule has 3 aliphatic rings. The molecule has 3 rings (SSSR count). The molecule has 4 nitrogen and oxygen atoms in total. The van der Waals surface area contributed by atoms with Crippen molar-refractivity contribution in [1.82, 2.24) is 4.90 Å². The van der Waals surface area contributed by atoms with Crippen LogP contribution in [0.5, 0.6) is 0 Å². The number of aliphatic hydroxyl groups is 1. The van der Waals surface area contributed by atoms with E-state index in [0.29, 0.717) is 11.8 Å². The van der Waals surface area contributed by atoms with E-state index < -0.39 is 11.8 Å². The van der Waals surface area contributed by atoms with E-state index in [1.54, 1.807) is 0 Å². The fraction of sp³-hybridized carbons (Fsp3) is 0.769. The Labute approximate surface area is 101 Å². The van der Waals surface area contributed by atoms with Crippen molar-refractivity contribution in [3.8, 4) is 0 Å². The van der Waals surface area contributed by atoms with Crippen molar-refractivity contribution in [3.05, 3.63) is 12.2 Å². The standard InChI is InChI=1S/C13H19NO3/c1-13(2,3)17-12(16)14-10-8-5-4-7(6-8)9(10)11(14)15/h4-5,7-11,15H,6H2,1-3H3/t7-,8+,9+,10-,11?/m1/s1. The van der Waals surface area contributed by atoms with Crippen LogP contribution in [-0.4, -0.2) is 34.0 Å². The number of allylic oxidation sites excluding steroid dienone is 1. The molecule has 1 amide bonds. The zero-order chi connectivity index (χ0) is 12.4. The maximum Gasteiger partial charge on any atom is 0.412 e. The molecule has 2 bridgehead atoms. The second-order valence-electron chi connectivity index (χ2n) is 6.32. The minimum Gasteiger partial charge on any atom is -0.444 e. The number of likely N-dealkylation sites (tertiary alicyclic amines) is 1. The monoisotopic (exact) mass is 237 g/mol. The molecular formula is C13H19NO3. The number of carbonyl (C=O) groups excluding carboxylic acids is 1. The van der Waals surface area contributed by atoms with Gasteiger partial charge in [-0.25, -0.2) is 4.79 Å². The van der Waals surface area contributed by atoms with Gasteiger partial charge in [0.05, 0.1) is 6.04 Å². The summed E-state index contributed by atoms with van der Waals surface area (Å²) in [5.74, 6) is 1.11. The molecule has 5 atom stereocenters. The second kappa shape index (κ2) is 3.25. The summed E-state index contributed by atoms with van der Waals surface area (Å²) in [7, 11) is 0. The van der Waals surface area contributed by atoms with Crippen molar-refractivity contribution in [2.75, 3.05) is 0 Å². The van der Waals surface area contributed by atoms with E-state index in [0.717, 1.165) is 6.42 Å². The number of hydrogen-bond acceptors (Lipinski definition) is 3. The number of ether oxygens (including phenoxy) is 1. The van der Waals surface area contributed by atoms with Crippen molar-refractivity contribution in [1.29, 1.82) is 0 Å². The average molecular weight is 237 g/mol. The highest BCUT2D eigenvalue weighted by Gasteiger charge is 2.62. The number of carbonyl (C=O) groups is 1. The lowest BCUT2D eigenvalue weighted by Crippen LogP contribution is -2.67. The normalized spacial score (nSPS) is 42.4. The Hall–Kier alpha value is -1.03. The average Bonchev–Trinajstić information content (AvgIpc) is 2.70. The van der Waals surface area contributed by atoms with E-state index in [4.69, 9.17) is 4.74 Å². The first-order valence-corrected chi connectivity index (χ1v) is 6.26. The number of fused-ring (bicyclic) bond motifs is 5. The molecule has 0 spiro atoms. The molecule has 2 fully saturated rings. The van der Waals surface area contributed by atoms with Gasteiger partial charge in [-0.05, 0) is 39.0 Å². The van der Waals surface area contributed by atoms with E-state index in [9.17, 15) is 9.90 Å². The smallest absolute Gasteiger partial charge is 0.412 e. The zero-order valence-corrected chi connectivity index (χ0v) is 10.5. The Morgan fingerprint density at radius 1 is 1.35 bits per heavy atom. The van der Waals surface area contributed by atoms with Gasteiger partial charge in [-0.1, -0.05) is 12.2 Å². The van der Waals surface area contributed by atoms with Gasteiger partial charge in [-0.15, -0.1) is 0 Å². The van der Waals surface area contributed by atoms with E-state index in [2.05, 4.69) is 12.2 Å². The van der Waals surface area contributed by atoms with Crippen molar-refractivity contribution in [3.63, 3.8) is 0 Å². The highest BCUT2D eigenvalue weighted by atomic mass is 16.6. The Kier molecular flexibility index (Phi) is 2.12. The van der Waals surface area contributed by atoms with E-state index in [1.165, 1.54) is 4.90 Å². The summed E-state index contributed by atoms with van der Waals surface area (Å²) in [5.41, 5.74) is -0.505. The molecule has 0 radical (unpaired) electrons. The van der Waals surface area contributed by atoms with Crippen molar-refractivity contribution >= 4 is 6.09 Å². The third-order valence-electron chi connectivity index (χ3n) is 4.03. The maximum atomic E-state index is 12.0. The molecule has 1 aliphatic heterocycles. The summed E-state index contributed by atoms with van der Waals surface area (Å²) in [6, 6.07) is 0.162. The molecule has 1 unspecified atom stereocenters. The van der Waals surface area contributed by atoms with Crippen LogP contribution >= 0.6 is 0 Å². The van der Waals surface area contributed by atoms with Crippen molar-refractivity contribution in [2.24, 2.45) is 17.8 Å². The number of nitrogens with zero attached hydrogens (tertiary/aromatic N) is 1. The summed E-state index contributed by atoms with van der Waals surface area (Å²) in [4.78, 5) is 13.5. The van der Waals surface area contributed by atoms with Crippen LogP contribution in [0.2, 0.25) is 0 Å². The SMILES string of the molecule is CC(C)(C)OC(=O)N1C(O)[C@@H]2[C@H]1[C@H]1C=C[C@@H]2C1. The molecule has 1 saturated heterocycles. The third-order valence-corrected chi connectivity index (χ3v) is 4.03. The van der Waals surface area contributed by atoms with Crippen LogP contribution in [0.4, 0.5) is 4.79 Å². The fourth-order valence-corrected chi connectivity index (χ4v) is 3.43. The van der Waals surface area contributed by atoms with Gasteiger partial charge in [0.1, 0.15) is 11.8 Å². The maximum absolute atomic E-state index is 12.0. The van der Waals surface area contributed by atoms with E-state index >= 15 is 0 Å². The summed E-state index contributed by atoms with van der Waals surface area (Å²) < 4.78 is 5.33. The van der Waals surface area contributed by atoms with Gasteiger partial charge < -0.3 is 9.84 Å². The van der Waals surface area contributed by atoms with Crippen LogP contribution in [0.15, 0.2) is 12.2 Å². The van der Waals surface area contributed by atoms with Gasteiger partial charge in [0.15, 0.2) is 0 Å². The van der Waals surface area contributed by atoms with Gasteiger partial charge in [0.2, 0.25) is 0 Å². The van der Waals surface area contributed by atoms with Crippen LogP contribution in [0, 0.1) is 17.8 Å². The molecular weight excluding hydrogens is 218 g/mol. The minimum absolute atomic E-state index is 0.162. The summed E-state index contributed by atoms with van der Waals surface area (Å²) in [6.07, 6.45) is 4.39. The first-order valence-electron chi connectivity index (χ1n) is 6.26. The number of aliphatic hydroxyl groups excluding tert-OH is 1. The summed E-state index contributed by atoms with van der Waals surface area (Å²) >= 11 is 0. The van der Waals surface area contributed by atoms with Gasteiger partial charge in [-0.2, -0.15) is 0 Å². The zero-order valence-electron chi connectivity index (χ0n) is 10.5. The molecule has 0 aromatic carbocycles. The summed E-state index contributed by atoms with van der Waals surface area (Å²) in [5, 5.41) is 10.1. The highest BCUT2D eigenvalue weighted by Crippen LogP contribution is 2.54. The van der Waals surface area contributed by atoms with Crippen molar-refractivity contribution < 1.29 is 14.6 Å². The molecule has 1 saturated carbocycles. The largest absolute Gasteiger partial charge is 0.444 e. The Morgan fingerprint density at radius 3 is 2.65 bits per heavy atom. The first kappa shape index (κ1) is 11.1. The van der Waals surface area contributed by atoms with Crippen LogP contribution in [0.3, 0.4) is 0 Å². The second-order valence-corrected chi connectivity index (χ2v) is 6.32. The van der Waals surface area contributed by atoms with Gasteiger partial charge in [0, 0.05) is 5.92 Å². The van der Waals surface area contributed by atoms with Gasteiger partial charge >= 0.3 is 6.09 Å². The predicted octanol–water partition coefficient (Wildman–Crippen LogP) is 1.75. The summed E-state index contributed by atoms with van der Waals surface area (Å²) in [6.45, 7) is 5.53. The Morgan fingerprint density at radius 2 is 2.00 bits per heavy atom. The Bertz CT molecular complexity index is 385. The molecule has 1 N–H and O–H groups in total.